The summed E-state index contributed by atoms with van der Waals surface area (Å²) >= 11 is 0. The molecule has 21 heavy (non-hydrogen) atoms. The molecule has 0 heterocycles. The summed E-state index contributed by atoms with van der Waals surface area (Å²) in [5.41, 5.74) is 0.764. The van der Waals surface area contributed by atoms with Crippen LogP contribution in [0, 0.1) is 11.7 Å². The van der Waals surface area contributed by atoms with Crippen LogP contribution < -0.4 is 5.32 Å². The maximum Gasteiger partial charge on any atom is 0.128 e. The van der Waals surface area contributed by atoms with Crippen molar-refractivity contribution in [2.45, 2.75) is 52.6 Å². The molecule has 1 rings (SSSR count). The van der Waals surface area contributed by atoms with Crippen LogP contribution >= 0.6 is 0 Å². The van der Waals surface area contributed by atoms with Gasteiger partial charge in [0.25, 0.3) is 0 Å². The summed E-state index contributed by atoms with van der Waals surface area (Å²) in [6.45, 7) is 10.9. The maximum atomic E-state index is 14.0. The molecule has 0 fully saturated rings. The van der Waals surface area contributed by atoms with E-state index in [-0.39, 0.29) is 11.9 Å². The number of benzene rings is 1. The van der Waals surface area contributed by atoms with E-state index in [1.54, 1.807) is 12.1 Å². The quantitative estimate of drug-likeness (QED) is 0.733. The van der Waals surface area contributed by atoms with E-state index in [1.807, 2.05) is 19.2 Å². The Hall–Kier alpha value is -0.930. The van der Waals surface area contributed by atoms with Gasteiger partial charge in [-0.15, -0.1) is 0 Å². The standard InChI is InChI=1S/C18H31FN2/c1-6-15(7-2)21(12-14(3)4)13-18(20-5)16-10-8-9-11-17(16)19/h8-11,14-15,18,20H,6-7,12-13H2,1-5H3. The molecule has 0 saturated heterocycles. The van der Waals surface area contributed by atoms with Gasteiger partial charge in [-0.1, -0.05) is 45.9 Å². The SMILES string of the molecule is CCC(CC)N(CC(C)C)CC(NC)c1ccccc1F. The average molecular weight is 294 g/mol. The molecule has 120 valence electrons. The van der Waals surface area contributed by atoms with Crippen molar-refractivity contribution in [3.8, 4) is 0 Å². The fourth-order valence-electron chi connectivity index (χ4n) is 2.98. The van der Waals surface area contributed by atoms with Gasteiger partial charge in [0, 0.05) is 30.7 Å². The summed E-state index contributed by atoms with van der Waals surface area (Å²) in [5.74, 6) is 0.495. The van der Waals surface area contributed by atoms with Crippen LogP contribution in [0.4, 0.5) is 4.39 Å². The molecule has 0 amide bonds. The molecular weight excluding hydrogens is 263 g/mol. The Labute approximate surface area is 129 Å². The lowest BCUT2D eigenvalue weighted by atomic mass is 10.0. The Morgan fingerprint density at radius 2 is 1.71 bits per heavy atom. The zero-order chi connectivity index (χ0) is 15.8. The van der Waals surface area contributed by atoms with Gasteiger partial charge in [-0.2, -0.15) is 0 Å². The molecular formula is C18H31FN2. The van der Waals surface area contributed by atoms with Crippen LogP contribution in [0.2, 0.25) is 0 Å². The molecule has 0 spiro atoms. The van der Waals surface area contributed by atoms with Crippen molar-refractivity contribution in [3.05, 3.63) is 35.6 Å². The molecule has 1 N–H and O–H groups in total. The third kappa shape index (κ3) is 5.40. The molecule has 0 aliphatic heterocycles. The van der Waals surface area contributed by atoms with E-state index in [9.17, 15) is 4.39 Å². The van der Waals surface area contributed by atoms with Crippen molar-refractivity contribution < 1.29 is 4.39 Å². The van der Waals surface area contributed by atoms with E-state index in [4.69, 9.17) is 0 Å². The van der Waals surface area contributed by atoms with Crippen molar-refractivity contribution in [3.63, 3.8) is 0 Å². The first-order valence-electron chi connectivity index (χ1n) is 8.19. The number of nitrogens with one attached hydrogen (secondary N) is 1. The first-order chi connectivity index (χ1) is 10.0. The number of nitrogens with zero attached hydrogens (tertiary/aromatic N) is 1. The molecule has 0 radical (unpaired) electrons. The monoisotopic (exact) mass is 294 g/mol. The highest BCUT2D eigenvalue weighted by Gasteiger charge is 2.22. The smallest absolute Gasteiger partial charge is 0.128 e. The summed E-state index contributed by atoms with van der Waals surface area (Å²) in [6.07, 6.45) is 2.27. The van der Waals surface area contributed by atoms with Crippen molar-refractivity contribution in [1.82, 2.24) is 10.2 Å². The summed E-state index contributed by atoms with van der Waals surface area (Å²) in [6, 6.07) is 7.69. The topological polar surface area (TPSA) is 15.3 Å². The number of likely N-dealkylation sites (N-methyl/N-ethyl adjacent to an activating group) is 1. The third-order valence-electron chi connectivity index (χ3n) is 4.10. The largest absolute Gasteiger partial charge is 0.312 e. The van der Waals surface area contributed by atoms with Crippen LogP contribution in [0.15, 0.2) is 24.3 Å². The van der Waals surface area contributed by atoms with E-state index >= 15 is 0 Å². The summed E-state index contributed by atoms with van der Waals surface area (Å²) < 4.78 is 14.0. The van der Waals surface area contributed by atoms with Gasteiger partial charge in [0.2, 0.25) is 0 Å². The van der Waals surface area contributed by atoms with Gasteiger partial charge >= 0.3 is 0 Å². The Kier molecular flexibility index (Phi) is 7.91. The van der Waals surface area contributed by atoms with Crippen molar-refractivity contribution >= 4 is 0 Å². The molecule has 1 unspecified atom stereocenters. The molecule has 3 heteroatoms. The van der Waals surface area contributed by atoms with Gasteiger partial charge in [-0.05, 0) is 31.9 Å². The number of halogens is 1. The van der Waals surface area contributed by atoms with Gasteiger partial charge < -0.3 is 5.32 Å². The Morgan fingerprint density at radius 3 is 2.19 bits per heavy atom. The molecule has 0 aromatic heterocycles. The number of rotatable bonds is 9. The minimum absolute atomic E-state index is 0.0329. The van der Waals surface area contributed by atoms with Crippen molar-refractivity contribution in [2.24, 2.45) is 5.92 Å². The first-order valence-corrected chi connectivity index (χ1v) is 8.19. The lowest BCUT2D eigenvalue weighted by molar-refractivity contribution is 0.149. The van der Waals surface area contributed by atoms with E-state index in [2.05, 4.69) is 37.9 Å². The van der Waals surface area contributed by atoms with Gasteiger partial charge in [0.15, 0.2) is 0 Å². The Morgan fingerprint density at radius 1 is 1.10 bits per heavy atom. The second-order valence-electron chi connectivity index (χ2n) is 6.18. The highest BCUT2D eigenvalue weighted by molar-refractivity contribution is 5.21. The summed E-state index contributed by atoms with van der Waals surface area (Å²) in [4.78, 5) is 2.51. The predicted octanol–water partition coefficient (Wildman–Crippen LogP) is 4.23. The van der Waals surface area contributed by atoms with Gasteiger partial charge in [-0.3, -0.25) is 4.90 Å². The molecule has 2 nitrogen and oxygen atoms in total. The minimum atomic E-state index is -0.120. The second-order valence-corrected chi connectivity index (χ2v) is 6.18. The van der Waals surface area contributed by atoms with Gasteiger partial charge in [-0.25, -0.2) is 4.39 Å². The molecule has 0 aliphatic carbocycles. The van der Waals surface area contributed by atoms with E-state index in [0.29, 0.717) is 12.0 Å². The van der Waals surface area contributed by atoms with Crippen molar-refractivity contribution in [2.75, 3.05) is 20.1 Å². The summed E-state index contributed by atoms with van der Waals surface area (Å²) in [5, 5.41) is 3.28. The molecule has 0 saturated carbocycles. The van der Waals surface area contributed by atoms with E-state index < -0.39 is 0 Å². The van der Waals surface area contributed by atoms with Crippen LogP contribution in [0.3, 0.4) is 0 Å². The normalized spacial score (nSPS) is 13.4. The van der Waals surface area contributed by atoms with Gasteiger partial charge in [0.1, 0.15) is 5.82 Å². The second kappa shape index (κ2) is 9.16. The van der Waals surface area contributed by atoms with Crippen LogP contribution in [-0.2, 0) is 0 Å². The zero-order valence-corrected chi connectivity index (χ0v) is 14.2. The lowest BCUT2D eigenvalue weighted by Gasteiger charge is -2.35. The highest BCUT2D eigenvalue weighted by Crippen LogP contribution is 2.21. The van der Waals surface area contributed by atoms with Crippen LogP contribution in [0.1, 0.15) is 52.1 Å². The lowest BCUT2D eigenvalue weighted by Crippen LogP contribution is -2.42. The fraction of sp³-hybridized carbons (Fsp3) is 0.667. The zero-order valence-electron chi connectivity index (χ0n) is 14.2. The molecule has 1 atom stereocenters. The molecule has 0 aliphatic rings. The molecule has 0 bridgehead atoms. The minimum Gasteiger partial charge on any atom is -0.312 e. The van der Waals surface area contributed by atoms with Gasteiger partial charge in [0.05, 0.1) is 0 Å². The fourth-order valence-corrected chi connectivity index (χ4v) is 2.98. The third-order valence-corrected chi connectivity index (χ3v) is 4.10. The first kappa shape index (κ1) is 18.1. The summed E-state index contributed by atoms with van der Waals surface area (Å²) in [7, 11) is 1.91. The van der Waals surface area contributed by atoms with Crippen molar-refractivity contribution in [1.29, 1.82) is 0 Å². The van der Waals surface area contributed by atoms with Crippen LogP contribution in [0.25, 0.3) is 0 Å². The van der Waals surface area contributed by atoms with E-state index in [1.165, 1.54) is 0 Å². The number of hydrogen-bond donors (Lipinski definition) is 1. The van der Waals surface area contributed by atoms with Crippen LogP contribution in [-0.4, -0.2) is 31.1 Å². The average Bonchev–Trinajstić information content (AvgIpc) is 2.46. The maximum absolute atomic E-state index is 14.0. The highest BCUT2D eigenvalue weighted by atomic mass is 19.1. The molecule has 1 aromatic rings. The Bertz CT molecular complexity index is 402. The predicted molar refractivity (Wildman–Crippen MR) is 89.0 cm³/mol. The number of hydrogen-bond acceptors (Lipinski definition) is 2. The van der Waals surface area contributed by atoms with E-state index in [0.717, 1.165) is 31.5 Å². The Balaban J connectivity index is 2.90. The molecule has 1 aromatic carbocycles. The van der Waals surface area contributed by atoms with Crippen LogP contribution in [0.5, 0.6) is 0 Å².